The molecule has 0 saturated heterocycles. The normalized spacial score (nSPS) is 15.3. The summed E-state index contributed by atoms with van der Waals surface area (Å²) in [6, 6.07) is -0.389. The molecule has 0 saturated carbocycles. The van der Waals surface area contributed by atoms with Crippen LogP contribution >= 0.6 is 0 Å². The van der Waals surface area contributed by atoms with E-state index in [1.54, 1.807) is 6.92 Å². The second-order valence-corrected chi connectivity index (χ2v) is 5.99. The van der Waals surface area contributed by atoms with Crippen LogP contribution in [0.4, 0.5) is 0 Å². The van der Waals surface area contributed by atoms with Gasteiger partial charge in [-0.15, -0.1) is 0 Å². The first-order chi connectivity index (χ1) is 7.55. The van der Waals surface area contributed by atoms with Crippen molar-refractivity contribution < 1.29 is 9.59 Å². The fourth-order valence-corrected chi connectivity index (χ4v) is 0.995. The molecule has 2 atom stereocenters. The summed E-state index contributed by atoms with van der Waals surface area (Å²) in [7, 11) is 0. The van der Waals surface area contributed by atoms with E-state index in [-0.39, 0.29) is 17.9 Å². The molecule has 0 aromatic heterocycles. The SMILES string of the molecule is CC(C)[C@H](C)NC(=O)[C@@H](C)NC(=O)C(C)(C)C. The number of rotatable bonds is 4. The number of hydrogen-bond donors (Lipinski definition) is 2. The Bertz CT molecular complexity index is 280. The van der Waals surface area contributed by atoms with Crippen LogP contribution in [0.3, 0.4) is 0 Å². The standard InChI is InChI=1S/C13H26N2O2/c1-8(2)9(3)14-11(16)10(4)15-12(17)13(5,6)7/h8-10H,1-7H3,(H,14,16)(H,15,17)/t9-,10+/m0/s1. The molecule has 4 heteroatoms. The van der Waals surface area contributed by atoms with Gasteiger partial charge < -0.3 is 10.6 Å². The Kier molecular flexibility index (Phi) is 5.66. The number of carbonyl (C=O) groups is 2. The fraction of sp³-hybridized carbons (Fsp3) is 0.846. The lowest BCUT2D eigenvalue weighted by Gasteiger charge is -2.24. The predicted octanol–water partition coefficient (Wildman–Crippen LogP) is 1.70. The smallest absolute Gasteiger partial charge is 0.242 e. The lowest BCUT2D eigenvalue weighted by atomic mass is 9.95. The van der Waals surface area contributed by atoms with Gasteiger partial charge in [0, 0.05) is 11.5 Å². The van der Waals surface area contributed by atoms with Crippen molar-refractivity contribution in [3.8, 4) is 0 Å². The monoisotopic (exact) mass is 242 g/mol. The highest BCUT2D eigenvalue weighted by atomic mass is 16.2. The molecule has 0 unspecified atom stereocenters. The zero-order valence-corrected chi connectivity index (χ0v) is 12.0. The third-order valence-electron chi connectivity index (χ3n) is 2.79. The molecule has 0 rings (SSSR count). The minimum absolute atomic E-state index is 0.108. The van der Waals surface area contributed by atoms with Gasteiger partial charge in [0.1, 0.15) is 6.04 Å². The molecule has 17 heavy (non-hydrogen) atoms. The van der Waals surface area contributed by atoms with E-state index in [0.29, 0.717) is 5.92 Å². The Labute approximate surface area is 105 Å². The van der Waals surface area contributed by atoms with Crippen LogP contribution in [0.5, 0.6) is 0 Å². The number of nitrogens with one attached hydrogen (secondary N) is 2. The van der Waals surface area contributed by atoms with E-state index >= 15 is 0 Å². The maximum Gasteiger partial charge on any atom is 0.242 e. The first-order valence-corrected chi connectivity index (χ1v) is 6.17. The topological polar surface area (TPSA) is 58.2 Å². The summed E-state index contributed by atoms with van der Waals surface area (Å²) in [6.45, 7) is 13.2. The summed E-state index contributed by atoms with van der Waals surface area (Å²) < 4.78 is 0. The van der Waals surface area contributed by atoms with Crippen molar-refractivity contribution in [2.24, 2.45) is 11.3 Å². The van der Waals surface area contributed by atoms with Gasteiger partial charge in [-0.2, -0.15) is 0 Å². The lowest BCUT2D eigenvalue weighted by molar-refractivity contribution is -0.133. The summed E-state index contributed by atoms with van der Waals surface area (Å²) >= 11 is 0. The zero-order chi connectivity index (χ0) is 13.8. The first-order valence-electron chi connectivity index (χ1n) is 6.17. The van der Waals surface area contributed by atoms with Crippen LogP contribution in [0.2, 0.25) is 0 Å². The van der Waals surface area contributed by atoms with Crippen molar-refractivity contribution in [2.75, 3.05) is 0 Å². The number of hydrogen-bond acceptors (Lipinski definition) is 2. The van der Waals surface area contributed by atoms with Crippen molar-refractivity contribution in [1.82, 2.24) is 10.6 Å². The minimum Gasteiger partial charge on any atom is -0.352 e. The molecule has 0 aliphatic carbocycles. The van der Waals surface area contributed by atoms with Gasteiger partial charge >= 0.3 is 0 Å². The molecule has 4 nitrogen and oxygen atoms in total. The van der Waals surface area contributed by atoms with E-state index in [0.717, 1.165) is 0 Å². The molecule has 0 radical (unpaired) electrons. The van der Waals surface area contributed by atoms with Crippen LogP contribution < -0.4 is 10.6 Å². The van der Waals surface area contributed by atoms with Crippen molar-refractivity contribution >= 4 is 11.8 Å². The van der Waals surface area contributed by atoms with Gasteiger partial charge in [-0.3, -0.25) is 9.59 Å². The predicted molar refractivity (Wildman–Crippen MR) is 69.5 cm³/mol. The maximum absolute atomic E-state index is 11.8. The Morgan fingerprint density at radius 3 is 1.76 bits per heavy atom. The minimum atomic E-state index is -0.497. The average Bonchev–Trinajstić information content (AvgIpc) is 2.15. The van der Waals surface area contributed by atoms with Crippen LogP contribution in [0.1, 0.15) is 48.5 Å². The molecule has 0 fully saturated rings. The molecule has 0 spiro atoms. The van der Waals surface area contributed by atoms with Crippen molar-refractivity contribution in [2.45, 2.75) is 60.5 Å². The zero-order valence-electron chi connectivity index (χ0n) is 12.0. The highest BCUT2D eigenvalue weighted by Gasteiger charge is 2.25. The molecule has 2 N–H and O–H groups in total. The van der Waals surface area contributed by atoms with E-state index in [1.165, 1.54) is 0 Å². The molecular formula is C13H26N2O2. The van der Waals surface area contributed by atoms with Gasteiger partial charge in [-0.1, -0.05) is 34.6 Å². The van der Waals surface area contributed by atoms with Crippen LogP contribution in [0.15, 0.2) is 0 Å². The maximum atomic E-state index is 11.8. The molecule has 0 heterocycles. The van der Waals surface area contributed by atoms with Gasteiger partial charge in [-0.25, -0.2) is 0 Å². The lowest BCUT2D eigenvalue weighted by Crippen LogP contribution is -2.50. The van der Waals surface area contributed by atoms with E-state index in [2.05, 4.69) is 10.6 Å². The molecule has 0 aromatic rings. The highest BCUT2D eigenvalue weighted by molar-refractivity contribution is 5.89. The van der Waals surface area contributed by atoms with Gasteiger partial charge in [0.05, 0.1) is 0 Å². The van der Waals surface area contributed by atoms with Crippen molar-refractivity contribution in [3.05, 3.63) is 0 Å². The van der Waals surface area contributed by atoms with E-state index in [9.17, 15) is 9.59 Å². The second kappa shape index (κ2) is 6.03. The van der Waals surface area contributed by atoms with Crippen LogP contribution in [-0.4, -0.2) is 23.9 Å². The van der Waals surface area contributed by atoms with Crippen molar-refractivity contribution in [1.29, 1.82) is 0 Å². The quantitative estimate of drug-likeness (QED) is 0.788. The third-order valence-corrected chi connectivity index (χ3v) is 2.79. The van der Waals surface area contributed by atoms with Crippen molar-refractivity contribution in [3.63, 3.8) is 0 Å². The number of amides is 2. The Morgan fingerprint density at radius 2 is 1.41 bits per heavy atom. The second-order valence-electron chi connectivity index (χ2n) is 5.99. The summed E-state index contributed by atoms with van der Waals surface area (Å²) in [6.07, 6.45) is 0. The fourth-order valence-electron chi connectivity index (χ4n) is 0.995. The van der Waals surface area contributed by atoms with Crippen LogP contribution in [-0.2, 0) is 9.59 Å². The molecular weight excluding hydrogens is 216 g/mol. The first kappa shape index (κ1) is 15.9. The molecule has 0 aliphatic rings. The van der Waals surface area contributed by atoms with Gasteiger partial charge in [0.2, 0.25) is 11.8 Å². The van der Waals surface area contributed by atoms with Crippen LogP contribution in [0, 0.1) is 11.3 Å². The largest absolute Gasteiger partial charge is 0.352 e. The molecule has 0 bridgehead atoms. The molecule has 0 aliphatic heterocycles. The van der Waals surface area contributed by atoms with E-state index in [1.807, 2.05) is 41.5 Å². The molecule has 100 valence electrons. The third kappa shape index (κ3) is 5.71. The highest BCUT2D eigenvalue weighted by Crippen LogP contribution is 2.12. The van der Waals surface area contributed by atoms with Crippen LogP contribution in [0.25, 0.3) is 0 Å². The summed E-state index contributed by atoms with van der Waals surface area (Å²) in [4.78, 5) is 23.5. The van der Waals surface area contributed by atoms with Gasteiger partial charge in [-0.05, 0) is 19.8 Å². The molecule has 2 amide bonds. The van der Waals surface area contributed by atoms with E-state index < -0.39 is 11.5 Å². The number of carbonyl (C=O) groups excluding carboxylic acids is 2. The summed E-state index contributed by atoms with van der Waals surface area (Å²) in [5.74, 6) is 0.130. The average molecular weight is 242 g/mol. The van der Waals surface area contributed by atoms with E-state index in [4.69, 9.17) is 0 Å². The van der Waals surface area contributed by atoms with Gasteiger partial charge in [0.25, 0.3) is 0 Å². The summed E-state index contributed by atoms with van der Waals surface area (Å²) in [5, 5.41) is 5.60. The Hall–Kier alpha value is -1.06. The Balaban J connectivity index is 4.29. The van der Waals surface area contributed by atoms with Gasteiger partial charge in [0.15, 0.2) is 0 Å². The Morgan fingerprint density at radius 1 is 0.941 bits per heavy atom. The molecule has 0 aromatic carbocycles. The summed E-state index contributed by atoms with van der Waals surface area (Å²) in [5.41, 5.74) is -0.474.